The quantitative estimate of drug-likeness (QED) is 0.689. The summed E-state index contributed by atoms with van der Waals surface area (Å²) in [5.41, 5.74) is 0.571. The monoisotopic (exact) mass is 286 g/mol. The van der Waals surface area contributed by atoms with E-state index >= 15 is 0 Å². The van der Waals surface area contributed by atoms with Crippen molar-refractivity contribution in [2.75, 3.05) is 5.32 Å². The Morgan fingerprint density at radius 1 is 1.26 bits per heavy atom. The number of hydrogen-bond acceptors (Lipinski definition) is 4. The van der Waals surface area contributed by atoms with Gasteiger partial charge in [0, 0.05) is 0 Å². The Kier molecular flexibility index (Phi) is 3.57. The first-order chi connectivity index (χ1) is 8.91. The van der Waals surface area contributed by atoms with Crippen molar-refractivity contribution in [3.63, 3.8) is 0 Å². The number of carbonyl (C=O) groups excluding carboxylic acids is 1. The van der Waals surface area contributed by atoms with Gasteiger partial charge < -0.3 is 5.32 Å². The maximum atomic E-state index is 13.5. The van der Waals surface area contributed by atoms with Crippen LogP contribution in [0, 0.1) is 24.4 Å². The number of nitrogens with zero attached hydrogens (tertiary/aromatic N) is 1. The molecular formula is C12H9F3N2OS. The van der Waals surface area contributed by atoms with E-state index in [0.29, 0.717) is 16.3 Å². The molecule has 1 aromatic carbocycles. The summed E-state index contributed by atoms with van der Waals surface area (Å²) in [5, 5.41) is 2.87. The first kappa shape index (κ1) is 13.5. The molecule has 0 aliphatic heterocycles. The highest BCUT2D eigenvalue weighted by Crippen LogP contribution is 2.30. The molecule has 3 nitrogen and oxygen atoms in total. The first-order valence-electron chi connectivity index (χ1n) is 5.29. The van der Waals surface area contributed by atoms with Gasteiger partial charge in [0.15, 0.2) is 23.2 Å². The van der Waals surface area contributed by atoms with E-state index in [2.05, 4.69) is 9.69 Å². The van der Waals surface area contributed by atoms with E-state index in [1.54, 1.807) is 6.92 Å². The minimum absolute atomic E-state index is 0.239. The lowest BCUT2D eigenvalue weighted by Crippen LogP contribution is -2.02. The average molecular weight is 286 g/mol. The van der Waals surface area contributed by atoms with Gasteiger partial charge in [0.2, 0.25) is 0 Å². The summed E-state index contributed by atoms with van der Waals surface area (Å²) in [6, 6.07) is 1.87. The summed E-state index contributed by atoms with van der Waals surface area (Å²) in [5.74, 6) is -4.40. The van der Waals surface area contributed by atoms with Crippen molar-refractivity contribution in [3.05, 3.63) is 40.8 Å². The van der Waals surface area contributed by atoms with E-state index in [4.69, 9.17) is 0 Å². The third-order valence-corrected chi connectivity index (χ3v) is 3.35. The molecule has 0 aliphatic carbocycles. The zero-order valence-electron chi connectivity index (χ0n) is 10.1. The van der Waals surface area contributed by atoms with Gasteiger partial charge in [-0.1, -0.05) is 0 Å². The van der Waals surface area contributed by atoms with Gasteiger partial charge in [-0.05, 0) is 37.5 Å². The summed E-state index contributed by atoms with van der Waals surface area (Å²) in [6.45, 7) is 2.99. The number of nitrogens with one attached hydrogen (secondary N) is 1. The Hall–Kier alpha value is -1.89. The highest BCUT2D eigenvalue weighted by molar-refractivity contribution is 7.10. The fourth-order valence-electron chi connectivity index (χ4n) is 1.61. The molecule has 1 heterocycles. The summed E-state index contributed by atoms with van der Waals surface area (Å²) >= 11 is 0.953. The Morgan fingerprint density at radius 3 is 2.58 bits per heavy atom. The molecule has 19 heavy (non-hydrogen) atoms. The van der Waals surface area contributed by atoms with E-state index in [9.17, 15) is 18.0 Å². The molecule has 1 aromatic heterocycles. The van der Waals surface area contributed by atoms with E-state index in [1.165, 1.54) is 6.92 Å². The zero-order chi connectivity index (χ0) is 14.2. The van der Waals surface area contributed by atoms with Gasteiger partial charge in [0.25, 0.3) is 0 Å². The minimum Gasteiger partial charge on any atom is -0.343 e. The second-order valence-corrected chi connectivity index (χ2v) is 4.65. The second-order valence-electron chi connectivity index (χ2n) is 3.88. The van der Waals surface area contributed by atoms with E-state index < -0.39 is 17.5 Å². The normalized spacial score (nSPS) is 10.6. The van der Waals surface area contributed by atoms with Crippen molar-refractivity contribution in [3.8, 4) is 0 Å². The molecule has 2 aromatic rings. The van der Waals surface area contributed by atoms with Gasteiger partial charge in [-0.3, -0.25) is 4.79 Å². The molecule has 0 saturated carbocycles. The Labute approximate surface area is 111 Å². The first-order valence-corrected chi connectivity index (χ1v) is 6.07. The maximum absolute atomic E-state index is 13.5. The van der Waals surface area contributed by atoms with Crippen LogP contribution in [0.3, 0.4) is 0 Å². The zero-order valence-corrected chi connectivity index (χ0v) is 10.9. The van der Waals surface area contributed by atoms with Crippen LogP contribution < -0.4 is 5.32 Å². The van der Waals surface area contributed by atoms with Crippen LogP contribution in [0.25, 0.3) is 0 Å². The van der Waals surface area contributed by atoms with Crippen molar-refractivity contribution in [1.82, 2.24) is 4.37 Å². The smallest absolute Gasteiger partial charge is 0.196 e. The van der Waals surface area contributed by atoms with Crippen LogP contribution >= 0.6 is 11.5 Å². The molecule has 0 unspecified atom stereocenters. The minimum atomic E-state index is -1.56. The highest BCUT2D eigenvalue weighted by atomic mass is 32.1. The molecule has 2 rings (SSSR count). The second kappa shape index (κ2) is 5.00. The SMILES string of the molecule is CC(=O)c1c(C)nsc1Nc1ccc(F)c(F)c1F. The van der Waals surface area contributed by atoms with Crippen molar-refractivity contribution in [2.45, 2.75) is 13.8 Å². The van der Waals surface area contributed by atoms with Crippen LogP contribution in [0.1, 0.15) is 23.0 Å². The number of aryl methyl sites for hydroxylation is 1. The number of Topliss-reactive ketones (excluding diaryl/α,β-unsaturated/α-hetero) is 1. The molecule has 0 spiro atoms. The maximum Gasteiger partial charge on any atom is 0.196 e. The summed E-state index contributed by atoms with van der Waals surface area (Å²) < 4.78 is 43.4. The lowest BCUT2D eigenvalue weighted by molar-refractivity contribution is 0.101. The highest BCUT2D eigenvalue weighted by Gasteiger charge is 2.18. The van der Waals surface area contributed by atoms with Gasteiger partial charge in [0.1, 0.15) is 5.00 Å². The Bertz CT molecular complexity index is 655. The Morgan fingerprint density at radius 2 is 1.95 bits per heavy atom. The predicted molar refractivity (Wildman–Crippen MR) is 66.5 cm³/mol. The number of carbonyl (C=O) groups is 1. The fourth-order valence-corrected chi connectivity index (χ4v) is 2.47. The van der Waals surface area contributed by atoms with Crippen LogP contribution in [0.2, 0.25) is 0 Å². The van der Waals surface area contributed by atoms with E-state index in [1.807, 2.05) is 0 Å². The Balaban J connectivity index is 2.43. The summed E-state index contributed by atoms with van der Waals surface area (Å²) in [7, 11) is 0. The van der Waals surface area contributed by atoms with Crippen LogP contribution in [0.15, 0.2) is 12.1 Å². The molecule has 100 valence electrons. The fraction of sp³-hybridized carbons (Fsp3) is 0.167. The molecular weight excluding hydrogens is 277 g/mol. The number of anilines is 2. The number of rotatable bonds is 3. The average Bonchev–Trinajstić information content (AvgIpc) is 2.71. The molecule has 0 atom stereocenters. The van der Waals surface area contributed by atoms with Crippen LogP contribution in [-0.4, -0.2) is 10.2 Å². The van der Waals surface area contributed by atoms with Gasteiger partial charge in [-0.25, -0.2) is 13.2 Å². The number of benzene rings is 1. The lowest BCUT2D eigenvalue weighted by atomic mass is 10.2. The largest absolute Gasteiger partial charge is 0.343 e. The number of hydrogen-bond donors (Lipinski definition) is 1. The lowest BCUT2D eigenvalue weighted by Gasteiger charge is -2.07. The standard InChI is InChI=1S/C12H9F3N2OS/c1-5-9(6(2)18)12(19-17-5)16-8-4-3-7(13)10(14)11(8)15/h3-4,16H,1-2H3. The van der Waals surface area contributed by atoms with Gasteiger partial charge in [0.05, 0.1) is 16.9 Å². The number of aromatic nitrogens is 1. The van der Waals surface area contributed by atoms with Crippen molar-refractivity contribution < 1.29 is 18.0 Å². The summed E-state index contributed by atoms with van der Waals surface area (Å²) in [6.07, 6.45) is 0. The van der Waals surface area contributed by atoms with Gasteiger partial charge in [-0.15, -0.1) is 0 Å². The van der Waals surface area contributed by atoms with Crippen LogP contribution in [0.4, 0.5) is 23.9 Å². The number of halogens is 3. The van der Waals surface area contributed by atoms with Crippen LogP contribution in [0.5, 0.6) is 0 Å². The third-order valence-electron chi connectivity index (χ3n) is 2.50. The van der Waals surface area contributed by atoms with Gasteiger partial charge >= 0.3 is 0 Å². The van der Waals surface area contributed by atoms with E-state index in [0.717, 1.165) is 23.7 Å². The molecule has 0 aliphatic rings. The van der Waals surface area contributed by atoms with Crippen molar-refractivity contribution in [2.24, 2.45) is 0 Å². The molecule has 1 N–H and O–H groups in total. The van der Waals surface area contributed by atoms with Crippen LogP contribution in [-0.2, 0) is 0 Å². The molecule has 0 fully saturated rings. The predicted octanol–water partition coefficient (Wildman–Crippen LogP) is 3.82. The van der Waals surface area contributed by atoms with Crippen molar-refractivity contribution in [1.29, 1.82) is 0 Å². The summed E-state index contributed by atoms with van der Waals surface area (Å²) in [4.78, 5) is 11.4. The molecule has 7 heteroatoms. The van der Waals surface area contributed by atoms with E-state index in [-0.39, 0.29) is 11.5 Å². The van der Waals surface area contributed by atoms with Crippen molar-refractivity contribution >= 4 is 28.0 Å². The third kappa shape index (κ3) is 2.46. The topological polar surface area (TPSA) is 42.0 Å². The van der Waals surface area contributed by atoms with Gasteiger partial charge in [-0.2, -0.15) is 4.37 Å². The molecule has 0 bridgehead atoms. The number of ketones is 1. The molecule has 0 saturated heterocycles. The molecule has 0 amide bonds. The molecule has 0 radical (unpaired) electrons.